The molecule has 0 saturated heterocycles. The Morgan fingerprint density at radius 1 is 1.16 bits per heavy atom. The summed E-state index contributed by atoms with van der Waals surface area (Å²) in [5, 5.41) is 0.725. The van der Waals surface area contributed by atoms with E-state index < -0.39 is 0 Å². The smallest absolute Gasteiger partial charge is 0.0521 e. The van der Waals surface area contributed by atoms with E-state index in [1.54, 1.807) is 0 Å². The number of hydrogen-bond acceptors (Lipinski definition) is 3. The zero-order valence-corrected chi connectivity index (χ0v) is 12.6. The maximum atomic E-state index is 6.01. The molecule has 100 valence electrons. The Morgan fingerprint density at radius 3 is 2.47 bits per heavy atom. The van der Waals surface area contributed by atoms with E-state index in [0.717, 1.165) is 32.7 Å². The number of nitrogens with two attached hydrogens (primary N) is 2. The van der Waals surface area contributed by atoms with Crippen LogP contribution >= 0.6 is 27.5 Å². The van der Waals surface area contributed by atoms with Crippen LogP contribution in [0.3, 0.4) is 0 Å². The minimum Gasteiger partial charge on any atom is -0.398 e. The monoisotopic (exact) mass is 339 g/mol. The molecule has 5 N–H and O–H groups in total. The molecule has 5 heteroatoms. The third-order valence-electron chi connectivity index (χ3n) is 2.98. The lowest BCUT2D eigenvalue weighted by atomic mass is 9.98. The first-order valence-corrected chi connectivity index (χ1v) is 7.02. The summed E-state index contributed by atoms with van der Waals surface area (Å²) in [6.45, 7) is 0. The summed E-state index contributed by atoms with van der Waals surface area (Å²) in [6.07, 6.45) is 0.744. The third-order valence-corrected chi connectivity index (χ3v) is 3.72. The molecule has 2 rings (SSSR count). The molecule has 2 aromatic rings. The van der Waals surface area contributed by atoms with E-state index in [0.29, 0.717) is 0 Å². The Balaban J connectivity index is 2.24. The molecule has 3 nitrogen and oxygen atoms in total. The number of nitrogens with one attached hydrogen (secondary N) is 1. The largest absolute Gasteiger partial charge is 0.398 e. The number of nitrogen functional groups attached to an aromatic ring is 1. The molecule has 0 aliphatic rings. The first-order valence-electron chi connectivity index (χ1n) is 5.85. The normalized spacial score (nSPS) is 12.4. The lowest BCUT2D eigenvalue weighted by molar-refractivity contribution is 0.553. The van der Waals surface area contributed by atoms with Crippen molar-refractivity contribution in [1.82, 2.24) is 5.43 Å². The fourth-order valence-corrected chi connectivity index (χ4v) is 2.47. The molecule has 0 aliphatic heterocycles. The molecule has 0 aliphatic carbocycles. The Hall–Kier alpha value is -1.07. The quantitative estimate of drug-likeness (QED) is 0.454. The zero-order valence-electron chi connectivity index (χ0n) is 10.2. The van der Waals surface area contributed by atoms with Crippen molar-refractivity contribution < 1.29 is 0 Å². The molecule has 0 saturated carbocycles. The fourth-order valence-electron chi connectivity index (χ4n) is 1.96. The van der Waals surface area contributed by atoms with Crippen molar-refractivity contribution in [2.24, 2.45) is 5.84 Å². The highest BCUT2D eigenvalue weighted by atomic mass is 79.9. The molecular weight excluding hydrogens is 326 g/mol. The molecule has 1 unspecified atom stereocenters. The van der Waals surface area contributed by atoms with Gasteiger partial charge >= 0.3 is 0 Å². The third kappa shape index (κ3) is 3.70. The van der Waals surface area contributed by atoms with Crippen LogP contribution in [0.4, 0.5) is 5.69 Å². The van der Waals surface area contributed by atoms with Gasteiger partial charge in [0, 0.05) is 15.2 Å². The van der Waals surface area contributed by atoms with Gasteiger partial charge in [-0.1, -0.05) is 39.7 Å². The zero-order chi connectivity index (χ0) is 13.8. The summed E-state index contributed by atoms with van der Waals surface area (Å²) in [6, 6.07) is 13.4. The first kappa shape index (κ1) is 14.3. The fraction of sp³-hybridized carbons (Fsp3) is 0.143. The van der Waals surface area contributed by atoms with Gasteiger partial charge in [-0.05, 0) is 47.9 Å². The highest BCUT2D eigenvalue weighted by molar-refractivity contribution is 9.10. The van der Waals surface area contributed by atoms with Crippen LogP contribution in [-0.4, -0.2) is 0 Å². The second-order valence-corrected chi connectivity index (χ2v) is 5.68. The van der Waals surface area contributed by atoms with Crippen LogP contribution in [0.5, 0.6) is 0 Å². The van der Waals surface area contributed by atoms with E-state index in [4.69, 9.17) is 23.2 Å². The van der Waals surface area contributed by atoms with E-state index in [9.17, 15) is 0 Å². The van der Waals surface area contributed by atoms with Gasteiger partial charge in [0.2, 0.25) is 0 Å². The Labute approximate surface area is 126 Å². The Kier molecular flexibility index (Phi) is 4.82. The van der Waals surface area contributed by atoms with Gasteiger partial charge in [-0.15, -0.1) is 0 Å². The minimum atomic E-state index is -0.0429. The summed E-state index contributed by atoms with van der Waals surface area (Å²) >= 11 is 9.33. The Bertz CT molecular complexity index is 557. The van der Waals surface area contributed by atoms with Crippen molar-refractivity contribution >= 4 is 33.2 Å². The van der Waals surface area contributed by atoms with Gasteiger partial charge in [0.25, 0.3) is 0 Å². The highest BCUT2D eigenvalue weighted by Gasteiger charge is 2.14. The minimum absolute atomic E-state index is 0.0429. The number of hydrogen-bond donors (Lipinski definition) is 3. The Morgan fingerprint density at radius 2 is 1.84 bits per heavy atom. The maximum absolute atomic E-state index is 6.01. The average molecular weight is 341 g/mol. The van der Waals surface area contributed by atoms with Gasteiger partial charge in [-0.3, -0.25) is 11.3 Å². The van der Waals surface area contributed by atoms with Gasteiger partial charge in [0.05, 0.1) is 6.04 Å². The molecule has 1 atom stereocenters. The van der Waals surface area contributed by atoms with Crippen molar-refractivity contribution in [2.75, 3.05) is 5.73 Å². The van der Waals surface area contributed by atoms with Crippen LogP contribution < -0.4 is 17.0 Å². The van der Waals surface area contributed by atoms with Crippen LogP contribution in [-0.2, 0) is 6.42 Å². The molecule has 0 spiro atoms. The van der Waals surface area contributed by atoms with Crippen LogP contribution in [0.25, 0.3) is 0 Å². The molecule has 0 heterocycles. The topological polar surface area (TPSA) is 64.1 Å². The van der Waals surface area contributed by atoms with Crippen molar-refractivity contribution in [3.63, 3.8) is 0 Å². The molecular formula is C14H15BrClN3. The van der Waals surface area contributed by atoms with Gasteiger partial charge in [0.15, 0.2) is 0 Å². The van der Waals surface area contributed by atoms with Crippen molar-refractivity contribution in [1.29, 1.82) is 0 Å². The van der Waals surface area contributed by atoms with Crippen LogP contribution in [0, 0.1) is 0 Å². The number of rotatable bonds is 4. The van der Waals surface area contributed by atoms with Crippen LogP contribution in [0.2, 0.25) is 5.02 Å². The average Bonchev–Trinajstić information content (AvgIpc) is 2.41. The predicted molar refractivity (Wildman–Crippen MR) is 83.8 cm³/mol. The lowest BCUT2D eigenvalue weighted by Gasteiger charge is -2.18. The van der Waals surface area contributed by atoms with E-state index in [1.807, 2.05) is 42.5 Å². The number of halogens is 2. The number of anilines is 1. The summed E-state index contributed by atoms with van der Waals surface area (Å²) < 4.78 is 0.980. The lowest BCUT2D eigenvalue weighted by Crippen LogP contribution is -2.30. The van der Waals surface area contributed by atoms with E-state index in [2.05, 4.69) is 21.4 Å². The van der Waals surface area contributed by atoms with Crippen LogP contribution in [0.15, 0.2) is 46.9 Å². The predicted octanol–water partition coefficient (Wildman–Crippen LogP) is 3.43. The second-order valence-electron chi connectivity index (χ2n) is 4.32. The maximum Gasteiger partial charge on any atom is 0.0521 e. The van der Waals surface area contributed by atoms with E-state index in [-0.39, 0.29) is 6.04 Å². The number of hydrazine groups is 1. The molecule has 19 heavy (non-hydrogen) atoms. The van der Waals surface area contributed by atoms with Gasteiger partial charge in [0.1, 0.15) is 0 Å². The molecule has 0 fully saturated rings. The van der Waals surface area contributed by atoms with Crippen LogP contribution in [0.1, 0.15) is 17.2 Å². The van der Waals surface area contributed by atoms with Crippen molar-refractivity contribution in [3.05, 3.63) is 63.1 Å². The SMILES string of the molecule is NNC(Cc1ccc(Cl)cc1)c1cc(Br)ccc1N. The van der Waals surface area contributed by atoms with E-state index in [1.165, 1.54) is 0 Å². The highest BCUT2D eigenvalue weighted by Crippen LogP contribution is 2.27. The molecule has 2 aromatic carbocycles. The summed E-state index contributed by atoms with van der Waals surface area (Å²) in [7, 11) is 0. The standard InChI is InChI=1S/C14H15BrClN3/c15-10-3-6-13(17)12(8-10)14(19-18)7-9-1-4-11(16)5-2-9/h1-6,8,14,19H,7,17-18H2. The summed E-state index contributed by atoms with van der Waals surface area (Å²) in [4.78, 5) is 0. The molecule has 0 bridgehead atoms. The first-order chi connectivity index (χ1) is 9.10. The van der Waals surface area contributed by atoms with Crippen molar-refractivity contribution in [2.45, 2.75) is 12.5 Å². The summed E-state index contributed by atoms with van der Waals surface area (Å²) in [5.41, 5.74) is 11.7. The number of benzene rings is 2. The van der Waals surface area contributed by atoms with Crippen molar-refractivity contribution in [3.8, 4) is 0 Å². The summed E-state index contributed by atoms with van der Waals surface area (Å²) in [5.74, 6) is 5.65. The molecule has 0 radical (unpaired) electrons. The van der Waals surface area contributed by atoms with Gasteiger partial charge in [-0.2, -0.15) is 0 Å². The van der Waals surface area contributed by atoms with E-state index >= 15 is 0 Å². The van der Waals surface area contributed by atoms with Gasteiger partial charge in [-0.25, -0.2) is 0 Å². The second kappa shape index (κ2) is 6.39. The van der Waals surface area contributed by atoms with Gasteiger partial charge < -0.3 is 5.73 Å². The molecule has 0 aromatic heterocycles. The molecule has 0 amide bonds.